The lowest BCUT2D eigenvalue weighted by Gasteiger charge is -2.41. The van der Waals surface area contributed by atoms with E-state index in [1.54, 1.807) is 0 Å². The van der Waals surface area contributed by atoms with Crippen molar-refractivity contribution in [2.45, 2.75) is 51.5 Å². The van der Waals surface area contributed by atoms with Crippen LogP contribution in [0.2, 0.25) is 0 Å². The molecule has 4 heteroatoms. The first-order valence-corrected chi connectivity index (χ1v) is 8.16. The van der Waals surface area contributed by atoms with Gasteiger partial charge in [0, 0.05) is 26.2 Å². The molecule has 114 valence electrons. The number of likely N-dealkylation sites (tertiary alicyclic amines) is 1. The number of nitrogens with zero attached hydrogens (tertiary/aromatic N) is 2. The van der Waals surface area contributed by atoms with Crippen LogP contribution in [-0.2, 0) is 9.53 Å². The van der Waals surface area contributed by atoms with E-state index in [1.807, 2.05) is 0 Å². The fourth-order valence-electron chi connectivity index (χ4n) is 4.29. The van der Waals surface area contributed by atoms with Crippen molar-refractivity contribution in [3.63, 3.8) is 0 Å². The molecule has 2 saturated heterocycles. The largest absolute Gasteiger partial charge is 0.379 e. The summed E-state index contributed by atoms with van der Waals surface area (Å²) in [7, 11) is 0. The van der Waals surface area contributed by atoms with Gasteiger partial charge in [0.25, 0.3) is 0 Å². The second-order valence-electron chi connectivity index (χ2n) is 7.34. The van der Waals surface area contributed by atoms with E-state index in [0.717, 1.165) is 39.4 Å². The van der Waals surface area contributed by atoms with Gasteiger partial charge in [-0.25, -0.2) is 0 Å². The van der Waals surface area contributed by atoms with Gasteiger partial charge in [0.05, 0.1) is 18.8 Å². The van der Waals surface area contributed by atoms with Gasteiger partial charge in [-0.1, -0.05) is 12.8 Å². The first-order valence-electron chi connectivity index (χ1n) is 8.16. The molecule has 0 aromatic rings. The summed E-state index contributed by atoms with van der Waals surface area (Å²) < 4.78 is 5.41. The van der Waals surface area contributed by atoms with Gasteiger partial charge in [-0.15, -0.1) is 0 Å². The summed E-state index contributed by atoms with van der Waals surface area (Å²) in [5, 5.41) is 0. The van der Waals surface area contributed by atoms with Gasteiger partial charge >= 0.3 is 0 Å². The molecule has 1 saturated carbocycles. The third-order valence-corrected chi connectivity index (χ3v) is 5.71. The Hall–Kier alpha value is -0.610. The summed E-state index contributed by atoms with van der Waals surface area (Å²) in [6, 6.07) is 0. The van der Waals surface area contributed by atoms with Crippen LogP contribution in [0.25, 0.3) is 0 Å². The Morgan fingerprint density at radius 2 is 1.70 bits per heavy atom. The van der Waals surface area contributed by atoms with Crippen LogP contribution in [0, 0.1) is 5.41 Å². The zero-order valence-corrected chi connectivity index (χ0v) is 13.0. The van der Waals surface area contributed by atoms with Crippen molar-refractivity contribution in [1.82, 2.24) is 9.80 Å². The van der Waals surface area contributed by atoms with Crippen molar-refractivity contribution < 1.29 is 9.53 Å². The molecule has 0 bridgehead atoms. The second kappa shape index (κ2) is 5.30. The summed E-state index contributed by atoms with van der Waals surface area (Å²) in [5.41, 5.74) is 0.0880. The van der Waals surface area contributed by atoms with E-state index >= 15 is 0 Å². The lowest BCUT2D eigenvalue weighted by atomic mass is 9.85. The lowest BCUT2D eigenvalue weighted by molar-refractivity contribution is -0.144. The highest BCUT2D eigenvalue weighted by Gasteiger charge is 2.46. The van der Waals surface area contributed by atoms with Crippen molar-refractivity contribution in [2.24, 2.45) is 5.41 Å². The third-order valence-electron chi connectivity index (χ3n) is 5.71. The molecule has 2 heterocycles. The highest BCUT2D eigenvalue weighted by atomic mass is 16.5. The zero-order valence-electron chi connectivity index (χ0n) is 13.0. The molecule has 0 unspecified atom stereocenters. The van der Waals surface area contributed by atoms with E-state index in [2.05, 4.69) is 23.6 Å². The maximum Gasteiger partial charge on any atom is 0.242 e. The molecule has 0 atom stereocenters. The summed E-state index contributed by atoms with van der Waals surface area (Å²) in [6.45, 7) is 9.38. The minimum atomic E-state index is -0.381. The molecular weight excluding hydrogens is 252 g/mol. The van der Waals surface area contributed by atoms with Gasteiger partial charge in [0.15, 0.2) is 0 Å². The fraction of sp³-hybridized carbons (Fsp3) is 0.938. The van der Waals surface area contributed by atoms with Crippen LogP contribution in [0.15, 0.2) is 0 Å². The summed E-state index contributed by atoms with van der Waals surface area (Å²) in [6.07, 6.45) is 6.59. The van der Waals surface area contributed by atoms with E-state index in [-0.39, 0.29) is 5.54 Å². The van der Waals surface area contributed by atoms with Crippen molar-refractivity contribution >= 4 is 5.91 Å². The maximum atomic E-state index is 12.9. The molecule has 4 nitrogen and oxygen atoms in total. The third kappa shape index (κ3) is 2.48. The Kier molecular flexibility index (Phi) is 3.80. The van der Waals surface area contributed by atoms with Crippen molar-refractivity contribution in [3.05, 3.63) is 0 Å². The molecule has 1 aliphatic carbocycles. The Bertz CT molecular complexity index is 369. The average molecular weight is 280 g/mol. The minimum Gasteiger partial charge on any atom is -0.379 e. The van der Waals surface area contributed by atoms with E-state index < -0.39 is 0 Å². The van der Waals surface area contributed by atoms with E-state index in [1.165, 1.54) is 32.1 Å². The standard InChI is InChI=1S/C16H28N2O2/c1-15(2,18-9-11-20-12-10-18)14(19)17-8-7-16(13-17)5-3-4-6-16/h3-13H2,1-2H3. The Labute approximate surface area is 122 Å². The van der Waals surface area contributed by atoms with Crippen LogP contribution in [-0.4, -0.2) is 60.6 Å². The lowest BCUT2D eigenvalue weighted by Crippen LogP contribution is -2.58. The molecule has 0 aromatic heterocycles. The molecular formula is C16H28N2O2. The predicted octanol–water partition coefficient (Wildman–Crippen LogP) is 1.89. The highest BCUT2D eigenvalue weighted by molar-refractivity contribution is 5.85. The van der Waals surface area contributed by atoms with Crippen LogP contribution in [0.4, 0.5) is 0 Å². The number of rotatable bonds is 2. The normalized spacial score (nSPS) is 27.4. The summed E-state index contributed by atoms with van der Waals surface area (Å²) in [4.78, 5) is 17.4. The van der Waals surface area contributed by atoms with Gasteiger partial charge in [-0.3, -0.25) is 9.69 Å². The van der Waals surface area contributed by atoms with Crippen LogP contribution < -0.4 is 0 Å². The highest BCUT2D eigenvalue weighted by Crippen LogP contribution is 2.45. The topological polar surface area (TPSA) is 32.8 Å². The Morgan fingerprint density at radius 3 is 2.35 bits per heavy atom. The number of morpholine rings is 1. The molecule has 1 spiro atoms. The molecule has 3 aliphatic rings. The minimum absolute atomic E-state index is 0.322. The smallest absolute Gasteiger partial charge is 0.242 e. The number of carbonyl (C=O) groups excluding carboxylic acids is 1. The molecule has 2 aliphatic heterocycles. The van der Waals surface area contributed by atoms with Crippen molar-refractivity contribution in [3.8, 4) is 0 Å². The van der Waals surface area contributed by atoms with E-state index in [0.29, 0.717) is 11.3 Å². The first kappa shape index (κ1) is 14.3. The molecule has 20 heavy (non-hydrogen) atoms. The van der Waals surface area contributed by atoms with Crippen LogP contribution >= 0.6 is 0 Å². The van der Waals surface area contributed by atoms with E-state index in [9.17, 15) is 4.79 Å². The van der Waals surface area contributed by atoms with Gasteiger partial charge < -0.3 is 9.64 Å². The quantitative estimate of drug-likeness (QED) is 0.774. The second-order valence-corrected chi connectivity index (χ2v) is 7.34. The molecule has 3 fully saturated rings. The molecule has 3 rings (SSSR count). The van der Waals surface area contributed by atoms with E-state index in [4.69, 9.17) is 4.74 Å². The SMILES string of the molecule is CC(C)(C(=O)N1CCC2(CCCC2)C1)N1CCOCC1. The van der Waals surface area contributed by atoms with Crippen LogP contribution in [0.1, 0.15) is 46.0 Å². The van der Waals surface area contributed by atoms with Gasteiger partial charge in [-0.2, -0.15) is 0 Å². The summed E-state index contributed by atoms with van der Waals surface area (Å²) in [5.74, 6) is 0.322. The van der Waals surface area contributed by atoms with Crippen molar-refractivity contribution in [1.29, 1.82) is 0 Å². The average Bonchev–Trinajstić information content (AvgIpc) is 3.10. The Morgan fingerprint density at radius 1 is 1.05 bits per heavy atom. The molecule has 0 aromatic carbocycles. The number of amides is 1. The van der Waals surface area contributed by atoms with Gasteiger partial charge in [-0.05, 0) is 38.5 Å². The first-order chi connectivity index (χ1) is 9.54. The Balaban J connectivity index is 1.65. The monoisotopic (exact) mass is 280 g/mol. The fourth-order valence-corrected chi connectivity index (χ4v) is 4.29. The predicted molar refractivity (Wildman–Crippen MR) is 78.6 cm³/mol. The molecule has 0 radical (unpaired) electrons. The van der Waals surface area contributed by atoms with Gasteiger partial charge in [0.2, 0.25) is 5.91 Å². The summed E-state index contributed by atoms with van der Waals surface area (Å²) >= 11 is 0. The van der Waals surface area contributed by atoms with Gasteiger partial charge in [0.1, 0.15) is 0 Å². The molecule has 1 amide bonds. The molecule has 0 N–H and O–H groups in total. The zero-order chi connectivity index (χ0) is 14.2. The van der Waals surface area contributed by atoms with Crippen molar-refractivity contribution in [2.75, 3.05) is 39.4 Å². The van der Waals surface area contributed by atoms with Crippen LogP contribution in [0.3, 0.4) is 0 Å². The number of ether oxygens (including phenoxy) is 1. The number of carbonyl (C=O) groups is 1. The number of hydrogen-bond donors (Lipinski definition) is 0. The van der Waals surface area contributed by atoms with Crippen LogP contribution in [0.5, 0.6) is 0 Å². The number of hydrogen-bond acceptors (Lipinski definition) is 3. The maximum absolute atomic E-state index is 12.9.